The van der Waals surface area contributed by atoms with Gasteiger partial charge in [0.25, 0.3) is 0 Å². The molecule has 0 fully saturated rings. The summed E-state index contributed by atoms with van der Waals surface area (Å²) in [5.41, 5.74) is 4.97. The summed E-state index contributed by atoms with van der Waals surface area (Å²) in [4.78, 5) is 18.8. The second-order valence-electron chi connectivity index (χ2n) is 8.80. The van der Waals surface area contributed by atoms with E-state index in [-0.39, 0.29) is 36.8 Å². The van der Waals surface area contributed by atoms with E-state index in [9.17, 15) is 23.1 Å². The second-order valence-corrected chi connectivity index (χ2v) is 8.80. The number of nitrogens with two attached hydrogens (primary N) is 1. The van der Waals surface area contributed by atoms with Crippen molar-refractivity contribution in [2.75, 3.05) is 26.8 Å². The number of carbonyl (C=O) groups is 1. The van der Waals surface area contributed by atoms with Crippen molar-refractivity contribution in [2.24, 2.45) is 5.73 Å². The highest BCUT2D eigenvalue weighted by Crippen LogP contribution is 2.35. The van der Waals surface area contributed by atoms with Crippen LogP contribution in [0.2, 0.25) is 0 Å². The standard InChI is InChI=1S/C25H30F3N5O3/c1-25(2,36-3)22(32(11-5-10-29)21(35)15-34)24-30-23(19-13-18(27)8-9-20(19)28)31-33(24)14-16-6-4-7-17(26)12-16/h4,6-9,12-13,22,34H,5,10-11,14-15,29H2,1-3H3. The topological polar surface area (TPSA) is 107 Å². The number of hydrogen-bond donors (Lipinski definition) is 2. The molecule has 0 saturated carbocycles. The quantitative estimate of drug-likeness (QED) is 0.415. The monoisotopic (exact) mass is 505 g/mol. The van der Waals surface area contributed by atoms with Gasteiger partial charge in [-0.15, -0.1) is 0 Å². The predicted molar refractivity (Wildman–Crippen MR) is 127 cm³/mol. The van der Waals surface area contributed by atoms with Crippen molar-refractivity contribution in [1.82, 2.24) is 19.7 Å². The number of rotatable bonds is 11. The minimum Gasteiger partial charge on any atom is -0.387 e. The first-order valence-corrected chi connectivity index (χ1v) is 11.4. The molecule has 1 atom stereocenters. The summed E-state index contributed by atoms with van der Waals surface area (Å²) in [5, 5.41) is 14.1. The molecule has 0 radical (unpaired) electrons. The van der Waals surface area contributed by atoms with Gasteiger partial charge >= 0.3 is 0 Å². The molecular formula is C25H30F3N5O3. The molecule has 0 aliphatic carbocycles. The van der Waals surface area contributed by atoms with Gasteiger partial charge in [0.1, 0.15) is 30.1 Å². The Morgan fingerprint density at radius 1 is 1.19 bits per heavy atom. The molecule has 1 aromatic heterocycles. The number of aliphatic hydroxyl groups is 1. The lowest BCUT2D eigenvalue weighted by Crippen LogP contribution is -2.49. The lowest BCUT2D eigenvalue weighted by atomic mass is 9.95. The van der Waals surface area contributed by atoms with Crippen molar-refractivity contribution in [3.63, 3.8) is 0 Å². The summed E-state index contributed by atoms with van der Waals surface area (Å²) >= 11 is 0. The Morgan fingerprint density at radius 3 is 2.56 bits per heavy atom. The molecule has 1 heterocycles. The van der Waals surface area contributed by atoms with E-state index in [4.69, 9.17) is 10.5 Å². The molecule has 3 N–H and O–H groups in total. The van der Waals surface area contributed by atoms with Gasteiger partial charge in [-0.3, -0.25) is 4.79 Å². The maximum Gasteiger partial charge on any atom is 0.249 e. The van der Waals surface area contributed by atoms with Crippen LogP contribution in [-0.4, -0.2) is 63.1 Å². The van der Waals surface area contributed by atoms with E-state index >= 15 is 0 Å². The smallest absolute Gasteiger partial charge is 0.249 e. The van der Waals surface area contributed by atoms with Crippen LogP contribution in [0.5, 0.6) is 0 Å². The molecule has 36 heavy (non-hydrogen) atoms. The molecule has 1 unspecified atom stereocenters. The lowest BCUT2D eigenvalue weighted by Gasteiger charge is -2.40. The van der Waals surface area contributed by atoms with Gasteiger partial charge in [-0.2, -0.15) is 5.10 Å². The number of nitrogens with zero attached hydrogens (tertiary/aromatic N) is 4. The van der Waals surface area contributed by atoms with Crippen molar-refractivity contribution in [2.45, 2.75) is 38.5 Å². The number of halogens is 3. The summed E-state index contributed by atoms with van der Waals surface area (Å²) < 4.78 is 49.6. The molecule has 194 valence electrons. The number of hydrogen-bond acceptors (Lipinski definition) is 6. The van der Waals surface area contributed by atoms with E-state index in [1.807, 2.05) is 0 Å². The van der Waals surface area contributed by atoms with Gasteiger partial charge in [-0.05, 0) is 62.7 Å². The molecule has 8 nitrogen and oxygen atoms in total. The van der Waals surface area contributed by atoms with E-state index in [1.54, 1.807) is 19.9 Å². The fourth-order valence-corrected chi connectivity index (χ4v) is 3.95. The average molecular weight is 506 g/mol. The van der Waals surface area contributed by atoms with Crippen LogP contribution in [0, 0.1) is 17.5 Å². The summed E-state index contributed by atoms with van der Waals surface area (Å²) in [6.45, 7) is 3.15. The Kier molecular flexibility index (Phi) is 8.83. The van der Waals surface area contributed by atoms with Crippen LogP contribution in [0.4, 0.5) is 13.2 Å². The SMILES string of the molecule is COC(C)(C)C(c1nc(-c2cc(F)ccc2F)nn1Cc1cccc(F)c1)N(CCCN)C(=O)CO. The van der Waals surface area contributed by atoms with E-state index < -0.39 is 41.6 Å². The summed E-state index contributed by atoms with van der Waals surface area (Å²) in [6, 6.07) is 7.83. The van der Waals surface area contributed by atoms with Gasteiger partial charge < -0.3 is 20.5 Å². The van der Waals surface area contributed by atoms with Gasteiger partial charge in [0.2, 0.25) is 5.91 Å². The lowest BCUT2D eigenvalue weighted by molar-refractivity contribution is -0.145. The molecule has 2 aromatic carbocycles. The van der Waals surface area contributed by atoms with Gasteiger partial charge in [0.15, 0.2) is 11.6 Å². The summed E-state index contributed by atoms with van der Waals surface area (Å²) in [6.07, 6.45) is 0.422. The highest BCUT2D eigenvalue weighted by molar-refractivity contribution is 5.77. The van der Waals surface area contributed by atoms with Crippen LogP contribution < -0.4 is 5.73 Å². The number of amides is 1. The number of ether oxygens (including phenoxy) is 1. The average Bonchev–Trinajstić information content (AvgIpc) is 3.25. The number of aromatic nitrogens is 3. The van der Waals surface area contributed by atoms with Gasteiger partial charge in [0.05, 0.1) is 17.7 Å². The normalized spacial score (nSPS) is 12.6. The van der Waals surface area contributed by atoms with E-state index in [2.05, 4.69) is 10.1 Å². The molecule has 0 bridgehead atoms. The number of methoxy groups -OCH3 is 1. The maximum absolute atomic E-state index is 14.6. The van der Waals surface area contributed by atoms with Crippen molar-refractivity contribution < 1.29 is 27.8 Å². The number of benzene rings is 2. The van der Waals surface area contributed by atoms with Crippen molar-refractivity contribution in [3.05, 3.63) is 71.3 Å². The van der Waals surface area contributed by atoms with Gasteiger partial charge in [-0.25, -0.2) is 22.8 Å². The van der Waals surface area contributed by atoms with Gasteiger partial charge in [0, 0.05) is 13.7 Å². The van der Waals surface area contributed by atoms with E-state index in [0.717, 1.165) is 18.2 Å². The Bertz CT molecular complexity index is 1200. The van der Waals surface area contributed by atoms with Crippen molar-refractivity contribution in [1.29, 1.82) is 0 Å². The van der Waals surface area contributed by atoms with Crippen molar-refractivity contribution >= 4 is 5.91 Å². The van der Waals surface area contributed by atoms with Crippen LogP contribution in [-0.2, 0) is 16.1 Å². The zero-order chi connectivity index (χ0) is 26.5. The van der Waals surface area contributed by atoms with Gasteiger partial charge in [-0.1, -0.05) is 12.1 Å². The third-order valence-electron chi connectivity index (χ3n) is 5.89. The highest BCUT2D eigenvalue weighted by atomic mass is 19.1. The van der Waals surface area contributed by atoms with E-state index in [0.29, 0.717) is 12.0 Å². The molecule has 11 heteroatoms. The Morgan fingerprint density at radius 2 is 1.92 bits per heavy atom. The largest absolute Gasteiger partial charge is 0.387 e. The molecular weight excluding hydrogens is 475 g/mol. The highest BCUT2D eigenvalue weighted by Gasteiger charge is 2.41. The Hall–Kier alpha value is -3.28. The molecule has 3 rings (SSSR count). The third-order valence-corrected chi connectivity index (χ3v) is 5.89. The zero-order valence-electron chi connectivity index (χ0n) is 20.4. The Balaban J connectivity index is 2.25. The maximum atomic E-state index is 14.6. The minimum atomic E-state index is -1.07. The summed E-state index contributed by atoms with van der Waals surface area (Å²) in [5.74, 6) is -2.41. The fourth-order valence-electron chi connectivity index (χ4n) is 3.95. The van der Waals surface area contributed by atoms with Crippen LogP contribution in [0.1, 0.15) is 37.7 Å². The number of carbonyl (C=O) groups excluding carboxylic acids is 1. The first-order chi connectivity index (χ1) is 17.1. The molecule has 0 spiro atoms. The third kappa shape index (κ3) is 6.10. The first-order valence-electron chi connectivity index (χ1n) is 11.4. The fraction of sp³-hybridized carbons (Fsp3) is 0.400. The Labute approximate surface area is 207 Å². The van der Waals surface area contributed by atoms with Crippen LogP contribution >= 0.6 is 0 Å². The second kappa shape index (κ2) is 11.6. The van der Waals surface area contributed by atoms with Crippen LogP contribution in [0.3, 0.4) is 0 Å². The minimum absolute atomic E-state index is 0.0192. The number of aliphatic hydroxyl groups excluding tert-OH is 1. The van der Waals surface area contributed by atoms with Crippen LogP contribution in [0.15, 0.2) is 42.5 Å². The molecule has 0 saturated heterocycles. The zero-order valence-corrected chi connectivity index (χ0v) is 20.4. The molecule has 0 aliphatic rings. The molecule has 3 aromatic rings. The molecule has 1 amide bonds. The summed E-state index contributed by atoms with van der Waals surface area (Å²) in [7, 11) is 1.46. The predicted octanol–water partition coefficient (Wildman–Crippen LogP) is 3.05. The van der Waals surface area contributed by atoms with Crippen LogP contribution in [0.25, 0.3) is 11.4 Å². The van der Waals surface area contributed by atoms with Crippen molar-refractivity contribution in [3.8, 4) is 11.4 Å². The first kappa shape index (κ1) is 27.3. The van der Waals surface area contributed by atoms with E-state index in [1.165, 1.54) is 34.9 Å². The molecule has 0 aliphatic heterocycles.